The number of carbonyl (C=O) groups excluding carboxylic acids is 1. The van der Waals surface area contributed by atoms with Crippen LogP contribution in [0.3, 0.4) is 0 Å². The first-order chi connectivity index (χ1) is 9.16. The Hall–Kier alpha value is -0.0800. The number of nitrogens with zero attached hydrogens (tertiary/aromatic N) is 1. The van der Waals surface area contributed by atoms with E-state index in [0.29, 0.717) is 17.1 Å². The van der Waals surface area contributed by atoms with Gasteiger partial charge in [-0.1, -0.05) is 11.6 Å². The van der Waals surface area contributed by atoms with E-state index in [4.69, 9.17) is 11.6 Å². The highest BCUT2D eigenvalue weighted by molar-refractivity contribution is 14.1. The molecule has 1 aromatic rings. The quantitative estimate of drug-likeness (QED) is 0.719. The Kier molecular flexibility index (Phi) is 8.13. The fraction of sp³-hybridized carbons (Fsp3) is 0.462. The Morgan fingerprint density at radius 3 is 2.75 bits per heavy atom. The molecule has 0 saturated carbocycles. The van der Waals surface area contributed by atoms with Gasteiger partial charge in [-0.2, -0.15) is 0 Å². The number of amides is 1. The van der Waals surface area contributed by atoms with Crippen LogP contribution in [0.15, 0.2) is 18.2 Å². The van der Waals surface area contributed by atoms with Gasteiger partial charge in [-0.05, 0) is 40.8 Å². The van der Waals surface area contributed by atoms with Crippen molar-refractivity contribution in [3.8, 4) is 0 Å². The molecule has 0 atom stereocenters. The van der Waals surface area contributed by atoms with Crippen LogP contribution in [0.25, 0.3) is 0 Å². The molecule has 20 heavy (non-hydrogen) atoms. The number of hydrogen-bond donors (Lipinski definition) is 2. The first-order valence-electron chi connectivity index (χ1n) is 6.33. The summed E-state index contributed by atoms with van der Waals surface area (Å²) >= 11 is 8.16. The lowest BCUT2D eigenvalue weighted by molar-refractivity contribution is 0.0947. The first-order valence-corrected chi connectivity index (χ1v) is 7.79. The van der Waals surface area contributed by atoms with Crippen molar-refractivity contribution < 1.29 is 4.79 Å². The molecule has 4 nitrogen and oxygen atoms in total. The summed E-state index contributed by atoms with van der Waals surface area (Å²) in [5.41, 5.74) is 0.616. The lowest BCUT2D eigenvalue weighted by atomic mass is 10.2. The smallest absolute Gasteiger partial charge is 0.251 e. The molecule has 0 spiro atoms. The van der Waals surface area contributed by atoms with Crippen molar-refractivity contribution in [2.24, 2.45) is 0 Å². The molecule has 1 saturated heterocycles. The summed E-state index contributed by atoms with van der Waals surface area (Å²) in [6.45, 7) is 5.71. The van der Waals surface area contributed by atoms with Crippen LogP contribution in [0.5, 0.6) is 0 Å². The average Bonchev–Trinajstić information content (AvgIpc) is 2.43. The van der Waals surface area contributed by atoms with Crippen LogP contribution in [0.1, 0.15) is 10.4 Å². The normalized spacial score (nSPS) is 15.5. The first kappa shape index (κ1) is 18.0. The molecule has 1 heterocycles. The molecule has 1 amide bonds. The van der Waals surface area contributed by atoms with Gasteiger partial charge in [0.2, 0.25) is 0 Å². The lowest BCUT2D eigenvalue weighted by Gasteiger charge is -2.27. The van der Waals surface area contributed by atoms with Crippen molar-refractivity contribution in [3.05, 3.63) is 32.4 Å². The van der Waals surface area contributed by atoms with E-state index in [0.717, 1.165) is 36.3 Å². The van der Waals surface area contributed by atoms with Crippen LogP contribution in [0.2, 0.25) is 5.02 Å². The van der Waals surface area contributed by atoms with Gasteiger partial charge in [-0.25, -0.2) is 0 Å². The number of hydrogen-bond acceptors (Lipinski definition) is 3. The highest BCUT2D eigenvalue weighted by atomic mass is 127. The second kappa shape index (κ2) is 9.04. The molecule has 2 N–H and O–H groups in total. The summed E-state index contributed by atoms with van der Waals surface area (Å²) in [7, 11) is 0. The molecule has 0 unspecified atom stereocenters. The minimum absolute atomic E-state index is 0. The van der Waals surface area contributed by atoms with Gasteiger partial charge in [-0.3, -0.25) is 9.69 Å². The monoisotopic (exact) mass is 429 g/mol. The molecule has 1 aromatic carbocycles. The number of carbonyl (C=O) groups is 1. The molecule has 0 bridgehead atoms. The Morgan fingerprint density at radius 1 is 1.40 bits per heavy atom. The van der Waals surface area contributed by atoms with Crippen LogP contribution in [0.4, 0.5) is 0 Å². The maximum atomic E-state index is 11.9. The Balaban J connectivity index is 0.00000200. The Labute approximate surface area is 144 Å². The maximum absolute atomic E-state index is 11.9. The minimum atomic E-state index is -0.0616. The maximum Gasteiger partial charge on any atom is 0.251 e. The van der Waals surface area contributed by atoms with Crippen molar-refractivity contribution in [1.82, 2.24) is 15.5 Å². The zero-order valence-electron chi connectivity index (χ0n) is 11.0. The zero-order valence-corrected chi connectivity index (χ0v) is 14.7. The molecule has 7 heteroatoms. The fourth-order valence-electron chi connectivity index (χ4n) is 2.00. The van der Waals surface area contributed by atoms with Gasteiger partial charge in [0.1, 0.15) is 0 Å². The second-order valence-electron chi connectivity index (χ2n) is 4.48. The number of nitrogens with one attached hydrogen (secondary N) is 2. The highest BCUT2D eigenvalue weighted by Gasteiger charge is 2.10. The fourth-order valence-corrected chi connectivity index (χ4v) is 2.52. The number of rotatable bonds is 4. The van der Waals surface area contributed by atoms with Crippen molar-refractivity contribution in [1.29, 1.82) is 0 Å². The van der Waals surface area contributed by atoms with E-state index < -0.39 is 0 Å². The topological polar surface area (TPSA) is 44.4 Å². The van der Waals surface area contributed by atoms with Gasteiger partial charge in [-0.15, -0.1) is 12.4 Å². The predicted octanol–water partition coefficient (Wildman–Crippen LogP) is 2.00. The van der Waals surface area contributed by atoms with E-state index in [9.17, 15) is 4.79 Å². The molecule has 1 aliphatic heterocycles. The van der Waals surface area contributed by atoms with Crippen molar-refractivity contribution >= 4 is 52.5 Å². The van der Waals surface area contributed by atoms with E-state index >= 15 is 0 Å². The molecular weight excluding hydrogens is 412 g/mol. The summed E-state index contributed by atoms with van der Waals surface area (Å²) < 4.78 is 0.955. The third kappa shape index (κ3) is 5.37. The van der Waals surface area contributed by atoms with Gasteiger partial charge < -0.3 is 10.6 Å². The van der Waals surface area contributed by atoms with Crippen LogP contribution in [-0.2, 0) is 0 Å². The van der Waals surface area contributed by atoms with Crippen LogP contribution in [-0.4, -0.2) is 50.1 Å². The second-order valence-corrected chi connectivity index (χ2v) is 6.05. The summed E-state index contributed by atoms with van der Waals surface area (Å²) in [5.74, 6) is -0.0616. The molecule has 0 aromatic heterocycles. The molecule has 0 aliphatic carbocycles. The number of benzene rings is 1. The van der Waals surface area contributed by atoms with Gasteiger partial charge in [0, 0.05) is 48.4 Å². The van der Waals surface area contributed by atoms with Gasteiger partial charge in [0.15, 0.2) is 0 Å². The van der Waals surface area contributed by atoms with E-state index in [-0.39, 0.29) is 18.3 Å². The third-order valence-corrected chi connectivity index (χ3v) is 4.68. The lowest BCUT2D eigenvalue weighted by Crippen LogP contribution is -2.46. The van der Waals surface area contributed by atoms with Crippen LogP contribution < -0.4 is 10.6 Å². The third-order valence-electron chi connectivity index (χ3n) is 3.10. The summed E-state index contributed by atoms with van der Waals surface area (Å²) in [5, 5.41) is 6.86. The summed E-state index contributed by atoms with van der Waals surface area (Å²) in [6.07, 6.45) is 0. The standard InChI is InChI=1S/C13H17ClIN3O.ClH/c14-11-9-10(1-2-12(11)15)13(19)17-5-8-18-6-3-16-4-7-18;/h1-2,9,16H,3-8H2,(H,17,19);1H. The minimum Gasteiger partial charge on any atom is -0.351 e. The van der Waals surface area contributed by atoms with E-state index in [1.54, 1.807) is 12.1 Å². The molecule has 1 aliphatic rings. The summed E-state index contributed by atoms with van der Waals surface area (Å²) in [6, 6.07) is 5.37. The SMILES string of the molecule is Cl.O=C(NCCN1CCNCC1)c1ccc(I)c(Cl)c1. The van der Waals surface area contributed by atoms with Crippen LogP contribution in [0, 0.1) is 3.57 Å². The van der Waals surface area contributed by atoms with E-state index in [1.807, 2.05) is 6.07 Å². The van der Waals surface area contributed by atoms with Gasteiger partial charge in [0.05, 0.1) is 5.02 Å². The predicted molar refractivity (Wildman–Crippen MR) is 93.1 cm³/mol. The van der Waals surface area contributed by atoms with Crippen molar-refractivity contribution in [2.75, 3.05) is 39.3 Å². The van der Waals surface area contributed by atoms with Gasteiger partial charge >= 0.3 is 0 Å². The average molecular weight is 430 g/mol. The molecule has 0 radical (unpaired) electrons. The van der Waals surface area contributed by atoms with Crippen LogP contribution >= 0.6 is 46.6 Å². The van der Waals surface area contributed by atoms with Crippen molar-refractivity contribution in [2.45, 2.75) is 0 Å². The number of halogens is 3. The van der Waals surface area contributed by atoms with E-state index in [2.05, 4.69) is 38.1 Å². The molecule has 2 rings (SSSR count). The van der Waals surface area contributed by atoms with E-state index in [1.165, 1.54) is 0 Å². The largest absolute Gasteiger partial charge is 0.351 e. The molecule has 112 valence electrons. The van der Waals surface area contributed by atoms with Crippen molar-refractivity contribution in [3.63, 3.8) is 0 Å². The molecular formula is C13H18Cl2IN3O. The molecule has 1 fully saturated rings. The van der Waals surface area contributed by atoms with Gasteiger partial charge in [0.25, 0.3) is 5.91 Å². The number of piperazine rings is 1. The summed E-state index contributed by atoms with van der Waals surface area (Å²) in [4.78, 5) is 14.3. The zero-order chi connectivity index (χ0) is 13.7. The highest BCUT2D eigenvalue weighted by Crippen LogP contribution is 2.19. The Bertz CT molecular complexity index is 453. The Morgan fingerprint density at radius 2 is 2.10 bits per heavy atom.